The summed E-state index contributed by atoms with van der Waals surface area (Å²) >= 11 is 5.92. The molecule has 1 unspecified atom stereocenters. The Bertz CT molecular complexity index is 1320. The Hall–Kier alpha value is -3.63. The van der Waals surface area contributed by atoms with Crippen molar-refractivity contribution >= 4 is 33.7 Å². The summed E-state index contributed by atoms with van der Waals surface area (Å²) in [6.07, 6.45) is 3.33. The Morgan fingerprint density at radius 2 is 1.67 bits per heavy atom. The lowest BCUT2D eigenvalue weighted by molar-refractivity contribution is -0.145. The standard InChI is InChI=1S/C28H31ClN2O7S/c1-3-36-27(32)20-38-25-11-7-22(8-12-25)23(18-21-6-5-16-30-19-21)15-17-31(28(33)37-4-2)39(34,35)26-13-9-24(29)10-14-26/h5-14,16,19,23H,3-4,15,17-18,20H2,1-2H3. The second-order valence-electron chi connectivity index (χ2n) is 8.44. The first-order chi connectivity index (χ1) is 18.7. The van der Waals surface area contributed by atoms with E-state index in [1.54, 1.807) is 38.4 Å². The predicted octanol–water partition coefficient (Wildman–Crippen LogP) is 5.24. The third kappa shape index (κ3) is 8.69. The number of ether oxygens (including phenoxy) is 3. The molecule has 0 N–H and O–H groups in total. The van der Waals surface area contributed by atoms with E-state index in [1.165, 1.54) is 24.3 Å². The number of hydrogen-bond donors (Lipinski definition) is 0. The van der Waals surface area contributed by atoms with Gasteiger partial charge in [-0.2, -0.15) is 0 Å². The van der Waals surface area contributed by atoms with E-state index in [9.17, 15) is 18.0 Å². The van der Waals surface area contributed by atoms with Gasteiger partial charge in [0.05, 0.1) is 18.1 Å². The summed E-state index contributed by atoms with van der Waals surface area (Å²) in [5.74, 6) is -0.145. The molecule has 0 saturated heterocycles. The summed E-state index contributed by atoms with van der Waals surface area (Å²) in [6, 6.07) is 16.5. The van der Waals surface area contributed by atoms with Crippen LogP contribution in [-0.4, -0.2) is 56.1 Å². The van der Waals surface area contributed by atoms with Crippen LogP contribution in [-0.2, 0) is 30.7 Å². The zero-order valence-corrected chi connectivity index (χ0v) is 23.4. The number of pyridine rings is 1. The molecule has 1 heterocycles. The van der Waals surface area contributed by atoms with Crippen LogP contribution in [0.3, 0.4) is 0 Å². The normalized spacial score (nSPS) is 11.9. The monoisotopic (exact) mass is 574 g/mol. The van der Waals surface area contributed by atoms with E-state index in [-0.39, 0.29) is 37.2 Å². The average molecular weight is 575 g/mol. The van der Waals surface area contributed by atoms with Gasteiger partial charge in [-0.05, 0) is 86.2 Å². The van der Waals surface area contributed by atoms with Gasteiger partial charge in [-0.1, -0.05) is 29.8 Å². The summed E-state index contributed by atoms with van der Waals surface area (Å²) in [7, 11) is -4.19. The lowest BCUT2D eigenvalue weighted by atomic mass is 9.89. The molecule has 0 bridgehead atoms. The molecule has 1 amide bonds. The minimum absolute atomic E-state index is 0.0256. The van der Waals surface area contributed by atoms with Gasteiger partial charge < -0.3 is 14.2 Å². The Labute approximate surface area is 233 Å². The van der Waals surface area contributed by atoms with Crippen LogP contribution in [0.2, 0.25) is 5.02 Å². The fraction of sp³-hybridized carbons (Fsp3) is 0.321. The quantitative estimate of drug-likeness (QED) is 0.255. The van der Waals surface area contributed by atoms with Crippen LogP contribution in [0.15, 0.2) is 78.0 Å². The molecule has 39 heavy (non-hydrogen) atoms. The molecule has 9 nitrogen and oxygen atoms in total. The Kier molecular flexibility index (Phi) is 11.1. The molecule has 1 atom stereocenters. The van der Waals surface area contributed by atoms with Crippen LogP contribution in [0.25, 0.3) is 0 Å². The molecule has 3 aromatic rings. The van der Waals surface area contributed by atoms with Crippen LogP contribution >= 0.6 is 11.6 Å². The minimum Gasteiger partial charge on any atom is -0.482 e. The number of aromatic nitrogens is 1. The zero-order valence-electron chi connectivity index (χ0n) is 21.8. The Morgan fingerprint density at radius 3 is 2.28 bits per heavy atom. The van der Waals surface area contributed by atoms with Crippen molar-refractivity contribution in [2.75, 3.05) is 26.4 Å². The number of carbonyl (C=O) groups excluding carboxylic acids is 2. The van der Waals surface area contributed by atoms with Gasteiger partial charge in [-0.3, -0.25) is 4.98 Å². The molecular weight excluding hydrogens is 544 g/mol. The summed E-state index contributed by atoms with van der Waals surface area (Å²) in [6.45, 7) is 3.31. The second kappa shape index (κ2) is 14.5. The van der Waals surface area contributed by atoms with E-state index in [1.807, 2.05) is 24.3 Å². The number of carbonyl (C=O) groups is 2. The maximum absolute atomic E-state index is 13.4. The molecule has 0 radical (unpaired) electrons. The molecule has 3 rings (SSSR count). The van der Waals surface area contributed by atoms with Crippen LogP contribution in [0.1, 0.15) is 37.3 Å². The lowest BCUT2D eigenvalue weighted by Crippen LogP contribution is -2.38. The third-order valence-electron chi connectivity index (χ3n) is 5.77. The van der Waals surface area contributed by atoms with Crippen molar-refractivity contribution in [3.8, 4) is 5.75 Å². The molecule has 2 aromatic carbocycles. The van der Waals surface area contributed by atoms with Gasteiger partial charge in [0, 0.05) is 24.0 Å². The van der Waals surface area contributed by atoms with Gasteiger partial charge in [-0.25, -0.2) is 22.3 Å². The Balaban J connectivity index is 1.84. The van der Waals surface area contributed by atoms with Gasteiger partial charge in [0.1, 0.15) is 5.75 Å². The number of benzene rings is 2. The lowest BCUT2D eigenvalue weighted by Gasteiger charge is -2.25. The zero-order chi connectivity index (χ0) is 28.3. The highest BCUT2D eigenvalue weighted by Crippen LogP contribution is 2.28. The smallest absolute Gasteiger partial charge is 0.423 e. The molecule has 0 aliphatic heterocycles. The average Bonchev–Trinajstić information content (AvgIpc) is 2.93. The van der Waals surface area contributed by atoms with E-state index in [0.29, 0.717) is 23.6 Å². The predicted molar refractivity (Wildman–Crippen MR) is 146 cm³/mol. The van der Waals surface area contributed by atoms with E-state index in [4.69, 9.17) is 25.8 Å². The molecule has 11 heteroatoms. The highest BCUT2D eigenvalue weighted by Gasteiger charge is 2.31. The number of hydrogen-bond acceptors (Lipinski definition) is 8. The first-order valence-electron chi connectivity index (χ1n) is 12.5. The number of rotatable bonds is 13. The summed E-state index contributed by atoms with van der Waals surface area (Å²) < 4.78 is 43.0. The van der Waals surface area contributed by atoms with Crippen LogP contribution in [0.4, 0.5) is 4.79 Å². The van der Waals surface area contributed by atoms with E-state index in [0.717, 1.165) is 15.4 Å². The number of nitrogens with zero attached hydrogens (tertiary/aromatic N) is 2. The van der Waals surface area contributed by atoms with E-state index >= 15 is 0 Å². The van der Waals surface area contributed by atoms with Gasteiger partial charge in [0.2, 0.25) is 0 Å². The van der Waals surface area contributed by atoms with Crippen molar-refractivity contribution in [2.24, 2.45) is 0 Å². The maximum atomic E-state index is 13.4. The summed E-state index contributed by atoms with van der Waals surface area (Å²) in [5, 5.41) is 0.378. The molecule has 0 spiro atoms. The van der Waals surface area contributed by atoms with Crippen LogP contribution in [0, 0.1) is 0 Å². The summed E-state index contributed by atoms with van der Waals surface area (Å²) in [4.78, 5) is 28.5. The van der Waals surface area contributed by atoms with Crippen molar-refractivity contribution in [1.29, 1.82) is 0 Å². The molecule has 0 saturated carbocycles. The van der Waals surface area contributed by atoms with Gasteiger partial charge in [0.25, 0.3) is 10.0 Å². The molecular formula is C28H31ClN2O7S. The first-order valence-corrected chi connectivity index (χ1v) is 14.3. The van der Waals surface area contributed by atoms with Crippen molar-refractivity contribution in [3.63, 3.8) is 0 Å². The SMILES string of the molecule is CCOC(=O)COc1ccc(C(CCN(C(=O)OCC)S(=O)(=O)c2ccc(Cl)cc2)Cc2cccnc2)cc1. The highest BCUT2D eigenvalue weighted by molar-refractivity contribution is 7.89. The van der Waals surface area contributed by atoms with Crippen molar-refractivity contribution in [1.82, 2.24) is 9.29 Å². The van der Waals surface area contributed by atoms with Crippen LogP contribution in [0.5, 0.6) is 5.75 Å². The first kappa shape index (κ1) is 29.9. The third-order valence-corrected chi connectivity index (χ3v) is 7.80. The number of halogens is 1. The van der Waals surface area contributed by atoms with Gasteiger partial charge in [0.15, 0.2) is 6.61 Å². The van der Waals surface area contributed by atoms with Crippen LogP contribution < -0.4 is 4.74 Å². The summed E-state index contributed by atoms with van der Waals surface area (Å²) in [5.41, 5.74) is 1.85. The van der Waals surface area contributed by atoms with Crippen molar-refractivity contribution < 1.29 is 32.2 Å². The molecule has 0 aliphatic rings. The Morgan fingerprint density at radius 1 is 0.974 bits per heavy atom. The second-order valence-corrected chi connectivity index (χ2v) is 10.7. The van der Waals surface area contributed by atoms with Gasteiger partial charge >= 0.3 is 12.1 Å². The van der Waals surface area contributed by atoms with Crippen molar-refractivity contribution in [3.05, 3.63) is 89.2 Å². The number of sulfonamides is 1. The molecule has 1 aromatic heterocycles. The maximum Gasteiger partial charge on any atom is 0.423 e. The topological polar surface area (TPSA) is 112 Å². The fourth-order valence-corrected chi connectivity index (χ4v) is 5.34. The van der Waals surface area contributed by atoms with E-state index < -0.39 is 22.1 Å². The molecule has 208 valence electrons. The molecule has 0 aliphatic carbocycles. The van der Waals surface area contributed by atoms with Crippen molar-refractivity contribution in [2.45, 2.75) is 37.5 Å². The number of amides is 1. The molecule has 0 fully saturated rings. The van der Waals surface area contributed by atoms with E-state index in [2.05, 4.69) is 4.98 Å². The fourth-order valence-electron chi connectivity index (χ4n) is 3.88. The minimum atomic E-state index is -4.19. The number of esters is 1. The largest absolute Gasteiger partial charge is 0.482 e. The van der Waals surface area contributed by atoms with Gasteiger partial charge in [-0.15, -0.1) is 0 Å². The highest BCUT2D eigenvalue weighted by atomic mass is 35.5.